The van der Waals surface area contributed by atoms with Crippen LogP contribution in [0.3, 0.4) is 0 Å². The van der Waals surface area contributed by atoms with Gasteiger partial charge in [-0.3, -0.25) is 0 Å². The highest BCUT2D eigenvalue weighted by Crippen LogP contribution is 2.13. The Morgan fingerprint density at radius 3 is 2.75 bits per heavy atom. The molecular formula is C6H8ClNO2S2. The Balaban J connectivity index is 2.55. The average Bonchev–Trinajstić information content (AvgIpc) is 2.30. The van der Waals surface area contributed by atoms with Crippen molar-refractivity contribution in [3.63, 3.8) is 0 Å². The lowest BCUT2D eigenvalue weighted by Crippen LogP contribution is -1.99. The standard InChI is InChI=1S/C6H8ClNO2S2/c1-5-8-4-6(11-5)2-3-12(7,9)10/h4H,2-3H2,1H3. The van der Waals surface area contributed by atoms with Gasteiger partial charge >= 0.3 is 0 Å². The van der Waals surface area contributed by atoms with Crippen molar-refractivity contribution >= 4 is 31.1 Å². The van der Waals surface area contributed by atoms with Crippen molar-refractivity contribution < 1.29 is 8.42 Å². The summed E-state index contributed by atoms with van der Waals surface area (Å²) in [6.07, 6.45) is 2.14. The Labute approximate surface area is 79.8 Å². The van der Waals surface area contributed by atoms with Crippen LogP contribution in [0.5, 0.6) is 0 Å². The molecule has 0 atom stereocenters. The SMILES string of the molecule is Cc1ncc(CCS(=O)(=O)Cl)s1. The second-order valence-corrected chi connectivity index (χ2v) is 6.55. The fourth-order valence-corrected chi connectivity index (χ4v) is 2.36. The molecule has 68 valence electrons. The van der Waals surface area contributed by atoms with Crippen LogP contribution in [0.1, 0.15) is 9.88 Å². The van der Waals surface area contributed by atoms with Crippen LogP contribution < -0.4 is 0 Å². The average molecular weight is 226 g/mol. The molecular weight excluding hydrogens is 218 g/mol. The van der Waals surface area contributed by atoms with Crippen molar-refractivity contribution in [2.24, 2.45) is 0 Å². The summed E-state index contributed by atoms with van der Waals surface area (Å²) in [5, 5.41) is 0.942. The number of aromatic nitrogens is 1. The van der Waals surface area contributed by atoms with Gasteiger partial charge in [-0.25, -0.2) is 13.4 Å². The van der Waals surface area contributed by atoms with Gasteiger partial charge in [-0.05, 0) is 13.3 Å². The second kappa shape index (κ2) is 3.72. The zero-order chi connectivity index (χ0) is 9.19. The number of aryl methyl sites for hydroxylation is 2. The molecule has 0 spiro atoms. The van der Waals surface area contributed by atoms with Crippen molar-refractivity contribution in [3.05, 3.63) is 16.1 Å². The summed E-state index contributed by atoms with van der Waals surface area (Å²) >= 11 is 1.49. The van der Waals surface area contributed by atoms with Crippen LogP contribution in [-0.2, 0) is 15.5 Å². The molecule has 0 radical (unpaired) electrons. The van der Waals surface area contributed by atoms with E-state index in [1.807, 2.05) is 6.92 Å². The summed E-state index contributed by atoms with van der Waals surface area (Å²) in [6.45, 7) is 1.88. The monoisotopic (exact) mass is 225 g/mol. The van der Waals surface area contributed by atoms with E-state index in [-0.39, 0.29) is 5.75 Å². The van der Waals surface area contributed by atoms with E-state index in [0.29, 0.717) is 6.42 Å². The largest absolute Gasteiger partial charge is 0.250 e. The molecule has 3 nitrogen and oxygen atoms in total. The highest BCUT2D eigenvalue weighted by Gasteiger charge is 2.06. The molecule has 0 aliphatic carbocycles. The number of halogens is 1. The van der Waals surface area contributed by atoms with Crippen LogP contribution in [0.4, 0.5) is 0 Å². The van der Waals surface area contributed by atoms with E-state index >= 15 is 0 Å². The number of rotatable bonds is 3. The Morgan fingerprint density at radius 2 is 2.33 bits per heavy atom. The summed E-state index contributed by atoms with van der Waals surface area (Å²) in [7, 11) is 1.68. The first-order valence-corrected chi connectivity index (χ1v) is 6.60. The van der Waals surface area contributed by atoms with Crippen LogP contribution in [-0.4, -0.2) is 19.2 Å². The van der Waals surface area contributed by atoms with E-state index in [9.17, 15) is 8.42 Å². The Morgan fingerprint density at radius 1 is 1.67 bits per heavy atom. The third-order valence-corrected chi connectivity index (χ3v) is 3.39. The minimum absolute atomic E-state index is 0.0177. The fraction of sp³-hybridized carbons (Fsp3) is 0.500. The molecule has 0 fully saturated rings. The maximum Gasteiger partial charge on any atom is 0.232 e. The van der Waals surface area contributed by atoms with Crippen molar-refractivity contribution in [1.82, 2.24) is 4.98 Å². The first-order chi connectivity index (χ1) is 5.47. The van der Waals surface area contributed by atoms with Gasteiger partial charge in [0.25, 0.3) is 0 Å². The second-order valence-electron chi connectivity index (χ2n) is 2.34. The van der Waals surface area contributed by atoms with E-state index in [1.165, 1.54) is 11.3 Å². The molecule has 12 heavy (non-hydrogen) atoms. The lowest BCUT2D eigenvalue weighted by atomic mass is 10.4. The molecule has 0 unspecified atom stereocenters. The highest BCUT2D eigenvalue weighted by molar-refractivity contribution is 8.13. The minimum atomic E-state index is -3.36. The van der Waals surface area contributed by atoms with Gasteiger partial charge in [0.1, 0.15) is 0 Å². The summed E-state index contributed by atoms with van der Waals surface area (Å²) in [5.41, 5.74) is 0. The van der Waals surface area contributed by atoms with Crippen LogP contribution >= 0.6 is 22.0 Å². The molecule has 0 N–H and O–H groups in total. The number of nitrogens with zero attached hydrogens (tertiary/aromatic N) is 1. The van der Waals surface area contributed by atoms with Crippen molar-refractivity contribution in [3.8, 4) is 0 Å². The van der Waals surface area contributed by atoms with Crippen LogP contribution in [0.2, 0.25) is 0 Å². The van der Waals surface area contributed by atoms with Gasteiger partial charge < -0.3 is 0 Å². The zero-order valence-corrected chi connectivity index (χ0v) is 8.84. The topological polar surface area (TPSA) is 47.0 Å². The normalized spacial score (nSPS) is 11.8. The fourth-order valence-electron chi connectivity index (χ4n) is 0.743. The first-order valence-electron chi connectivity index (χ1n) is 3.31. The van der Waals surface area contributed by atoms with Gasteiger partial charge in [-0.1, -0.05) is 0 Å². The summed E-state index contributed by atoms with van der Waals surface area (Å²) < 4.78 is 21.1. The maximum atomic E-state index is 10.6. The summed E-state index contributed by atoms with van der Waals surface area (Å²) in [5.74, 6) is -0.0177. The Kier molecular flexibility index (Phi) is 3.09. The van der Waals surface area contributed by atoms with Crippen molar-refractivity contribution in [1.29, 1.82) is 0 Å². The van der Waals surface area contributed by atoms with E-state index < -0.39 is 9.05 Å². The van der Waals surface area contributed by atoms with Gasteiger partial charge in [0.15, 0.2) is 0 Å². The highest BCUT2D eigenvalue weighted by atomic mass is 35.7. The van der Waals surface area contributed by atoms with E-state index in [1.54, 1.807) is 6.20 Å². The molecule has 0 aliphatic heterocycles. The molecule has 1 heterocycles. The van der Waals surface area contributed by atoms with Crippen LogP contribution in [0, 0.1) is 6.92 Å². The van der Waals surface area contributed by atoms with Gasteiger partial charge in [-0.2, -0.15) is 0 Å². The number of thiazole rings is 1. The lowest BCUT2D eigenvalue weighted by molar-refractivity contribution is 0.609. The predicted octanol–water partition coefficient (Wildman–Crippen LogP) is 1.56. The van der Waals surface area contributed by atoms with E-state index in [0.717, 1.165) is 9.88 Å². The molecule has 1 aromatic heterocycles. The van der Waals surface area contributed by atoms with Gasteiger partial charge in [0.2, 0.25) is 9.05 Å². The van der Waals surface area contributed by atoms with Gasteiger partial charge in [-0.15, -0.1) is 11.3 Å². The van der Waals surface area contributed by atoms with Crippen molar-refractivity contribution in [2.45, 2.75) is 13.3 Å². The Hall–Kier alpha value is -0.130. The summed E-state index contributed by atoms with van der Waals surface area (Å²) in [4.78, 5) is 4.95. The van der Waals surface area contributed by atoms with Crippen molar-refractivity contribution in [2.75, 3.05) is 5.75 Å². The van der Waals surface area contributed by atoms with Crippen LogP contribution in [0.25, 0.3) is 0 Å². The maximum absolute atomic E-state index is 10.6. The van der Waals surface area contributed by atoms with Crippen LogP contribution in [0.15, 0.2) is 6.20 Å². The summed E-state index contributed by atoms with van der Waals surface area (Å²) in [6, 6.07) is 0. The molecule has 0 bridgehead atoms. The first kappa shape index (κ1) is 9.95. The number of hydrogen-bond donors (Lipinski definition) is 0. The predicted molar refractivity (Wildman–Crippen MR) is 50.2 cm³/mol. The van der Waals surface area contributed by atoms with E-state index in [4.69, 9.17) is 10.7 Å². The zero-order valence-electron chi connectivity index (χ0n) is 6.45. The smallest absolute Gasteiger partial charge is 0.232 e. The molecule has 6 heteroatoms. The third kappa shape index (κ3) is 3.51. The quantitative estimate of drug-likeness (QED) is 0.734. The number of hydrogen-bond acceptors (Lipinski definition) is 4. The van der Waals surface area contributed by atoms with Gasteiger partial charge in [0, 0.05) is 21.8 Å². The molecule has 0 aromatic carbocycles. The molecule has 0 aliphatic rings. The molecule has 0 saturated carbocycles. The molecule has 0 saturated heterocycles. The molecule has 0 amide bonds. The minimum Gasteiger partial charge on any atom is -0.250 e. The van der Waals surface area contributed by atoms with E-state index in [2.05, 4.69) is 4.98 Å². The molecule has 1 aromatic rings. The third-order valence-electron chi connectivity index (χ3n) is 1.26. The Bertz CT molecular complexity index is 357. The lowest BCUT2D eigenvalue weighted by Gasteiger charge is -1.91. The van der Waals surface area contributed by atoms with Gasteiger partial charge in [0.05, 0.1) is 10.8 Å². The molecule has 1 rings (SSSR count).